The summed E-state index contributed by atoms with van der Waals surface area (Å²) in [6.07, 6.45) is -4.66. The lowest BCUT2D eigenvalue weighted by molar-refractivity contribution is -0.141. The molecule has 3 rings (SSSR count). The van der Waals surface area contributed by atoms with Crippen LogP contribution in [0.3, 0.4) is 0 Å². The Balaban J connectivity index is 1.61. The number of hydrogen-bond donors (Lipinski definition) is 2. The predicted molar refractivity (Wildman–Crippen MR) is 121 cm³/mol. The van der Waals surface area contributed by atoms with Crippen molar-refractivity contribution in [1.82, 2.24) is 5.32 Å². The summed E-state index contributed by atoms with van der Waals surface area (Å²) in [6, 6.07) is 10.1. The predicted octanol–water partition coefficient (Wildman–Crippen LogP) is 3.36. The summed E-state index contributed by atoms with van der Waals surface area (Å²) >= 11 is 0. The van der Waals surface area contributed by atoms with E-state index in [-0.39, 0.29) is 12.8 Å². The molecule has 0 spiro atoms. The van der Waals surface area contributed by atoms with Crippen molar-refractivity contribution in [1.29, 1.82) is 0 Å². The van der Waals surface area contributed by atoms with Gasteiger partial charge in [-0.15, -0.1) is 0 Å². The second-order valence-corrected chi connectivity index (χ2v) is 9.36. The highest BCUT2D eigenvalue weighted by Gasteiger charge is 2.51. The number of aliphatic carboxylic acids is 1. The van der Waals surface area contributed by atoms with Crippen LogP contribution in [0.25, 0.3) is 0 Å². The SMILES string of the molecule is CC1(C)OB(c2ccc(C[C@H](NC(=O)Cc3ccc(C(F)(F)F)cc3)C(=O)O)cc2)OC1(C)C. The zero-order chi connectivity index (χ0) is 25.3. The van der Waals surface area contributed by atoms with Gasteiger partial charge in [-0.1, -0.05) is 36.4 Å². The topological polar surface area (TPSA) is 84.9 Å². The number of halogens is 3. The van der Waals surface area contributed by atoms with Crippen molar-refractivity contribution < 1.29 is 37.2 Å². The molecule has 34 heavy (non-hydrogen) atoms. The van der Waals surface area contributed by atoms with Gasteiger partial charge in [0.05, 0.1) is 23.2 Å². The fourth-order valence-electron chi connectivity index (χ4n) is 3.47. The minimum atomic E-state index is -4.47. The van der Waals surface area contributed by atoms with E-state index in [1.54, 1.807) is 24.3 Å². The van der Waals surface area contributed by atoms with Gasteiger partial charge in [0, 0.05) is 6.42 Å². The Hall–Kier alpha value is -2.85. The number of carboxylic acids is 1. The summed E-state index contributed by atoms with van der Waals surface area (Å²) in [7, 11) is -0.544. The van der Waals surface area contributed by atoms with Crippen LogP contribution < -0.4 is 10.8 Å². The first-order chi connectivity index (χ1) is 15.7. The lowest BCUT2D eigenvalue weighted by atomic mass is 9.78. The molecule has 1 saturated heterocycles. The van der Waals surface area contributed by atoms with Crippen LogP contribution in [0.2, 0.25) is 0 Å². The molecule has 2 aromatic carbocycles. The van der Waals surface area contributed by atoms with E-state index in [0.29, 0.717) is 11.1 Å². The van der Waals surface area contributed by atoms with Gasteiger partial charge >= 0.3 is 19.3 Å². The monoisotopic (exact) mass is 477 g/mol. The van der Waals surface area contributed by atoms with Crippen LogP contribution in [0, 0.1) is 0 Å². The van der Waals surface area contributed by atoms with E-state index in [1.165, 1.54) is 12.1 Å². The van der Waals surface area contributed by atoms with Gasteiger partial charge in [-0.25, -0.2) is 4.79 Å². The Bertz CT molecular complexity index is 1020. The van der Waals surface area contributed by atoms with Crippen LogP contribution in [0.5, 0.6) is 0 Å². The minimum Gasteiger partial charge on any atom is -0.480 e. The molecule has 0 bridgehead atoms. The number of benzene rings is 2. The van der Waals surface area contributed by atoms with E-state index in [4.69, 9.17) is 9.31 Å². The molecular weight excluding hydrogens is 450 g/mol. The average Bonchev–Trinajstić information content (AvgIpc) is 2.94. The molecule has 182 valence electrons. The molecule has 6 nitrogen and oxygen atoms in total. The zero-order valence-electron chi connectivity index (χ0n) is 19.4. The molecule has 1 aliphatic heterocycles. The molecule has 1 fully saturated rings. The van der Waals surface area contributed by atoms with Crippen LogP contribution in [-0.4, -0.2) is 41.3 Å². The van der Waals surface area contributed by atoms with Crippen LogP contribution >= 0.6 is 0 Å². The summed E-state index contributed by atoms with van der Waals surface area (Å²) in [6.45, 7) is 7.80. The normalized spacial score (nSPS) is 17.9. The van der Waals surface area contributed by atoms with Gasteiger partial charge in [0.2, 0.25) is 5.91 Å². The number of amides is 1. The number of carboxylic acid groups (broad SMARTS) is 1. The van der Waals surface area contributed by atoms with E-state index < -0.39 is 48.0 Å². The third kappa shape index (κ3) is 5.98. The highest BCUT2D eigenvalue weighted by atomic mass is 19.4. The molecule has 0 saturated carbocycles. The Kier molecular flexibility index (Phi) is 7.14. The van der Waals surface area contributed by atoms with Crippen molar-refractivity contribution in [2.45, 2.75) is 64.0 Å². The van der Waals surface area contributed by atoms with E-state index in [0.717, 1.165) is 17.6 Å². The highest BCUT2D eigenvalue weighted by molar-refractivity contribution is 6.62. The maximum absolute atomic E-state index is 12.7. The first kappa shape index (κ1) is 25.8. The van der Waals surface area contributed by atoms with Crippen molar-refractivity contribution in [2.75, 3.05) is 0 Å². The number of carbonyl (C=O) groups excluding carboxylic acids is 1. The minimum absolute atomic E-state index is 0.0394. The first-order valence-corrected chi connectivity index (χ1v) is 10.8. The quantitative estimate of drug-likeness (QED) is 0.598. The van der Waals surface area contributed by atoms with Crippen LogP contribution in [0.15, 0.2) is 48.5 Å². The van der Waals surface area contributed by atoms with E-state index in [2.05, 4.69) is 5.32 Å². The summed E-state index contributed by atoms with van der Waals surface area (Å²) in [5.74, 6) is -1.81. The fourth-order valence-corrected chi connectivity index (χ4v) is 3.47. The van der Waals surface area contributed by atoms with Gasteiger partial charge in [-0.2, -0.15) is 13.2 Å². The number of rotatable bonds is 7. The fraction of sp³-hybridized carbons (Fsp3) is 0.417. The van der Waals surface area contributed by atoms with E-state index >= 15 is 0 Å². The zero-order valence-corrected chi connectivity index (χ0v) is 19.4. The largest absolute Gasteiger partial charge is 0.494 e. The molecule has 1 aliphatic rings. The average molecular weight is 477 g/mol. The van der Waals surface area contributed by atoms with Crippen molar-refractivity contribution >= 4 is 24.5 Å². The van der Waals surface area contributed by atoms with Gasteiger partial charge in [0.1, 0.15) is 6.04 Å². The lowest BCUT2D eigenvalue weighted by Gasteiger charge is -2.32. The highest BCUT2D eigenvalue weighted by Crippen LogP contribution is 2.36. The molecule has 1 heterocycles. The van der Waals surface area contributed by atoms with Gasteiger partial charge in [-0.3, -0.25) is 4.79 Å². The van der Waals surface area contributed by atoms with E-state index in [1.807, 2.05) is 27.7 Å². The van der Waals surface area contributed by atoms with Crippen molar-refractivity contribution in [3.63, 3.8) is 0 Å². The molecular formula is C24H27BF3NO5. The molecule has 1 atom stereocenters. The Labute approximate surface area is 196 Å². The third-order valence-corrected chi connectivity index (χ3v) is 6.22. The number of nitrogens with one attached hydrogen (secondary N) is 1. The van der Waals surface area contributed by atoms with Gasteiger partial charge in [0.15, 0.2) is 0 Å². The number of carbonyl (C=O) groups is 2. The molecule has 0 aliphatic carbocycles. The van der Waals surface area contributed by atoms with Gasteiger partial charge in [-0.05, 0) is 56.4 Å². The molecule has 2 N–H and O–H groups in total. The van der Waals surface area contributed by atoms with Crippen LogP contribution in [0.4, 0.5) is 13.2 Å². The third-order valence-electron chi connectivity index (χ3n) is 6.22. The molecule has 10 heteroatoms. The Morgan fingerprint density at radius 3 is 1.91 bits per heavy atom. The molecule has 0 unspecified atom stereocenters. The lowest BCUT2D eigenvalue weighted by Crippen LogP contribution is -2.43. The summed E-state index contributed by atoms with van der Waals surface area (Å²) < 4.78 is 50.0. The second kappa shape index (κ2) is 9.42. The first-order valence-electron chi connectivity index (χ1n) is 10.8. The van der Waals surface area contributed by atoms with Crippen molar-refractivity contribution in [2.24, 2.45) is 0 Å². The maximum atomic E-state index is 12.7. The van der Waals surface area contributed by atoms with Crippen molar-refractivity contribution in [3.8, 4) is 0 Å². The standard InChI is InChI=1S/C24H27BF3NO5/c1-22(2)23(3,4)34-25(33-22)18-11-7-15(8-12-18)13-19(21(31)32)29-20(30)14-16-5-9-17(10-6-16)24(26,27)28/h5-12,19H,13-14H2,1-4H3,(H,29,30)(H,31,32)/t19-/m0/s1. The number of alkyl halides is 3. The molecule has 2 aromatic rings. The van der Waals surface area contributed by atoms with Crippen LogP contribution in [0.1, 0.15) is 44.4 Å². The summed E-state index contributed by atoms with van der Waals surface area (Å²) in [5.41, 5.74) is 0.0399. The summed E-state index contributed by atoms with van der Waals surface area (Å²) in [5, 5.41) is 12.0. The van der Waals surface area contributed by atoms with Crippen molar-refractivity contribution in [3.05, 3.63) is 65.2 Å². The van der Waals surface area contributed by atoms with Crippen LogP contribution in [-0.2, 0) is 37.9 Å². The molecule has 0 radical (unpaired) electrons. The number of hydrogen-bond acceptors (Lipinski definition) is 4. The van der Waals surface area contributed by atoms with Gasteiger partial charge in [0.25, 0.3) is 0 Å². The van der Waals surface area contributed by atoms with Gasteiger partial charge < -0.3 is 19.7 Å². The molecule has 0 aromatic heterocycles. The summed E-state index contributed by atoms with van der Waals surface area (Å²) in [4.78, 5) is 24.0. The smallest absolute Gasteiger partial charge is 0.480 e. The maximum Gasteiger partial charge on any atom is 0.494 e. The Morgan fingerprint density at radius 2 is 1.44 bits per heavy atom. The Morgan fingerprint density at radius 1 is 0.941 bits per heavy atom. The molecule has 1 amide bonds. The van der Waals surface area contributed by atoms with E-state index in [9.17, 15) is 27.9 Å². The second-order valence-electron chi connectivity index (χ2n) is 9.36.